The lowest BCUT2D eigenvalue weighted by molar-refractivity contribution is 0.102. The molecule has 7 heteroatoms. The van der Waals surface area contributed by atoms with Crippen LogP contribution in [0.2, 0.25) is 0 Å². The molecule has 29 heavy (non-hydrogen) atoms. The van der Waals surface area contributed by atoms with Gasteiger partial charge in [-0.3, -0.25) is 14.7 Å². The summed E-state index contributed by atoms with van der Waals surface area (Å²) in [6, 6.07) is 17.3. The van der Waals surface area contributed by atoms with Crippen LogP contribution >= 0.6 is 33.9 Å². The van der Waals surface area contributed by atoms with Crippen molar-refractivity contribution in [2.24, 2.45) is 0 Å². The van der Waals surface area contributed by atoms with Crippen LogP contribution in [0.4, 0.5) is 22.2 Å². The zero-order valence-electron chi connectivity index (χ0n) is 15.5. The van der Waals surface area contributed by atoms with Gasteiger partial charge in [0.2, 0.25) is 0 Å². The van der Waals surface area contributed by atoms with Crippen molar-refractivity contribution in [2.45, 2.75) is 6.92 Å². The average Bonchev–Trinajstić information content (AvgIpc) is 3.26. The minimum absolute atomic E-state index is 0.132. The van der Waals surface area contributed by atoms with Crippen LogP contribution < -0.4 is 10.2 Å². The highest BCUT2D eigenvalue weighted by molar-refractivity contribution is 14.1. The van der Waals surface area contributed by atoms with Crippen LogP contribution in [-0.4, -0.2) is 15.9 Å². The maximum atomic E-state index is 12.7. The molecule has 5 nitrogen and oxygen atoms in total. The number of carbonyl (C=O) groups excluding carboxylic acids is 1. The number of benzene rings is 2. The van der Waals surface area contributed by atoms with Gasteiger partial charge in [0.15, 0.2) is 5.13 Å². The van der Waals surface area contributed by atoms with Crippen LogP contribution in [0, 0.1) is 10.5 Å². The smallest absolute Gasteiger partial charge is 0.256 e. The van der Waals surface area contributed by atoms with Crippen molar-refractivity contribution >= 4 is 62.0 Å². The molecule has 0 bridgehead atoms. The van der Waals surface area contributed by atoms with E-state index in [4.69, 9.17) is 0 Å². The second-order valence-corrected chi connectivity index (χ2v) is 8.33. The molecule has 0 radical (unpaired) electrons. The van der Waals surface area contributed by atoms with Crippen molar-refractivity contribution in [1.29, 1.82) is 0 Å². The molecular formula is C22H17IN4OS. The van der Waals surface area contributed by atoms with Crippen LogP contribution in [0.25, 0.3) is 0 Å². The summed E-state index contributed by atoms with van der Waals surface area (Å²) in [5.74, 6) is -0.132. The molecule has 0 atom stereocenters. The Hall–Kier alpha value is -2.78. The van der Waals surface area contributed by atoms with E-state index < -0.39 is 0 Å². The summed E-state index contributed by atoms with van der Waals surface area (Å²) in [5, 5.41) is 5.79. The number of thiazole rings is 1. The molecule has 2 aromatic carbocycles. The summed E-state index contributed by atoms with van der Waals surface area (Å²) in [4.78, 5) is 23.5. The Morgan fingerprint density at radius 2 is 1.97 bits per heavy atom. The summed E-state index contributed by atoms with van der Waals surface area (Å²) in [5.41, 5.74) is 4.29. The van der Waals surface area contributed by atoms with Crippen LogP contribution in [-0.2, 0) is 0 Å². The number of nitrogens with zero attached hydrogens (tertiary/aromatic N) is 3. The monoisotopic (exact) mass is 512 g/mol. The van der Waals surface area contributed by atoms with E-state index in [2.05, 4.69) is 42.8 Å². The molecular weight excluding hydrogens is 495 g/mol. The summed E-state index contributed by atoms with van der Waals surface area (Å²) >= 11 is 3.72. The quantitative estimate of drug-likeness (QED) is 0.325. The molecule has 0 aliphatic rings. The molecule has 1 amide bonds. The van der Waals surface area contributed by atoms with Gasteiger partial charge in [-0.05, 0) is 71.5 Å². The average molecular weight is 512 g/mol. The first-order chi connectivity index (χ1) is 14.1. The summed E-state index contributed by atoms with van der Waals surface area (Å²) < 4.78 is 0.912. The molecule has 0 unspecified atom stereocenters. The highest BCUT2D eigenvalue weighted by Gasteiger charge is 2.18. The number of anilines is 4. The van der Waals surface area contributed by atoms with E-state index in [-0.39, 0.29) is 5.91 Å². The van der Waals surface area contributed by atoms with E-state index in [1.165, 1.54) is 0 Å². The highest BCUT2D eigenvalue weighted by atomic mass is 127. The lowest BCUT2D eigenvalue weighted by Gasteiger charge is -2.24. The fourth-order valence-corrected chi connectivity index (χ4v) is 4.24. The molecule has 0 saturated heterocycles. The lowest BCUT2D eigenvalue weighted by Crippen LogP contribution is -2.15. The predicted molar refractivity (Wildman–Crippen MR) is 126 cm³/mol. The number of halogens is 1. The van der Waals surface area contributed by atoms with Crippen LogP contribution in [0.5, 0.6) is 0 Å². The number of carbonyl (C=O) groups is 1. The molecule has 144 valence electrons. The largest absolute Gasteiger partial charge is 0.322 e. The molecule has 4 rings (SSSR count). The first-order valence-electron chi connectivity index (χ1n) is 8.89. The van der Waals surface area contributed by atoms with Crippen molar-refractivity contribution in [2.75, 3.05) is 10.2 Å². The number of amides is 1. The Kier molecular flexibility index (Phi) is 5.86. The van der Waals surface area contributed by atoms with Crippen molar-refractivity contribution in [3.8, 4) is 0 Å². The number of aryl methyl sites for hydroxylation is 1. The Morgan fingerprint density at radius 3 is 2.69 bits per heavy atom. The lowest BCUT2D eigenvalue weighted by atomic mass is 10.1. The zero-order chi connectivity index (χ0) is 20.2. The SMILES string of the molecule is Cc1ccc(NC(=O)c2ccccc2I)cc1N(c1cccnc1)c1nccs1. The maximum Gasteiger partial charge on any atom is 0.256 e. The molecule has 2 heterocycles. The second-order valence-electron chi connectivity index (χ2n) is 6.30. The minimum atomic E-state index is -0.132. The first-order valence-corrected chi connectivity index (χ1v) is 10.9. The van der Waals surface area contributed by atoms with E-state index in [1.807, 2.05) is 66.9 Å². The fraction of sp³-hybridized carbons (Fsp3) is 0.0455. The third kappa shape index (κ3) is 4.30. The number of hydrogen-bond donors (Lipinski definition) is 1. The summed E-state index contributed by atoms with van der Waals surface area (Å²) in [6.07, 6.45) is 5.33. The van der Waals surface area contributed by atoms with Gasteiger partial charge >= 0.3 is 0 Å². The summed E-state index contributed by atoms with van der Waals surface area (Å²) in [6.45, 7) is 2.04. The standard InChI is InChI=1S/C22H17IN4OS/c1-15-8-9-16(26-21(28)18-6-2-3-7-19(18)23)13-20(15)27(22-25-11-12-29-22)17-5-4-10-24-14-17/h2-14H,1H3,(H,26,28). The van der Waals surface area contributed by atoms with Gasteiger partial charge in [0.1, 0.15) is 0 Å². The van der Waals surface area contributed by atoms with E-state index >= 15 is 0 Å². The van der Waals surface area contributed by atoms with Crippen molar-refractivity contribution in [1.82, 2.24) is 9.97 Å². The molecule has 0 aliphatic heterocycles. The number of rotatable bonds is 5. The minimum Gasteiger partial charge on any atom is -0.322 e. The van der Waals surface area contributed by atoms with E-state index in [0.717, 1.165) is 31.3 Å². The van der Waals surface area contributed by atoms with Crippen LogP contribution in [0.1, 0.15) is 15.9 Å². The Labute approximate surface area is 186 Å². The number of hydrogen-bond acceptors (Lipinski definition) is 5. The van der Waals surface area contributed by atoms with Crippen LogP contribution in [0.3, 0.4) is 0 Å². The van der Waals surface area contributed by atoms with Gasteiger partial charge in [-0.15, -0.1) is 11.3 Å². The van der Waals surface area contributed by atoms with Crippen LogP contribution in [0.15, 0.2) is 78.6 Å². The third-order valence-corrected chi connectivity index (χ3v) is 6.04. The Morgan fingerprint density at radius 1 is 1.10 bits per heavy atom. The molecule has 0 aliphatic carbocycles. The van der Waals surface area contributed by atoms with Gasteiger partial charge in [-0.2, -0.15) is 0 Å². The molecule has 4 aromatic rings. The zero-order valence-corrected chi connectivity index (χ0v) is 18.5. The van der Waals surface area contributed by atoms with Gasteiger partial charge in [0, 0.05) is 27.0 Å². The molecule has 0 saturated carbocycles. The van der Waals surface area contributed by atoms with Crippen molar-refractivity contribution in [3.05, 3.63) is 93.3 Å². The van der Waals surface area contributed by atoms with Gasteiger partial charge in [0.05, 0.1) is 23.1 Å². The summed E-state index contributed by atoms with van der Waals surface area (Å²) in [7, 11) is 0. The van der Waals surface area contributed by atoms with E-state index in [1.54, 1.807) is 29.9 Å². The normalized spacial score (nSPS) is 10.6. The Balaban J connectivity index is 1.72. The number of nitrogens with one attached hydrogen (secondary N) is 1. The molecule has 1 N–H and O–H groups in total. The molecule has 0 fully saturated rings. The topological polar surface area (TPSA) is 58.1 Å². The first kappa shape index (κ1) is 19.5. The van der Waals surface area contributed by atoms with Gasteiger partial charge < -0.3 is 5.32 Å². The third-order valence-electron chi connectivity index (χ3n) is 4.34. The van der Waals surface area contributed by atoms with Gasteiger partial charge in [0.25, 0.3) is 5.91 Å². The van der Waals surface area contributed by atoms with Crippen molar-refractivity contribution < 1.29 is 4.79 Å². The second kappa shape index (κ2) is 8.71. The number of pyridine rings is 1. The van der Waals surface area contributed by atoms with E-state index in [9.17, 15) is 4.79 Å². The van der Waals surface area contributed by atoms with Gasteiger partial charge in [-0.1, -0.05) is 18.2 Å². The highest BCUT2D eigenvalue weighted by Crippen LogP contribution is 2.38. The molecule has 2 aromatic heterocycles. The van der Waals surface area contributed by atoms with Gasteiger partial charge in [-0.25, -0.2) is 4.98 Å². The fourth-order valence-electron chi connectivity index (χ4n) is 2.94. The van der Waals surface area contributed by atoms with E-state index in [0.29, 0.717) is 5.56 Å². The maximum absolute atomic E-state index is 12.7. The number of aromatic nitrogens is 2. The molecule has 0 spiro atoms. The Bertz CT molecular complexity index is 1130. The van der Waals surface area contributed by atoms with Crippen molar-refractivity contribution in [3.63, 3.8) is 0 Å². The predicted octanol–water partition coefficient (Wildman–Crippen LogP) is 6.17.